The Morgan fingerprint density at radius 1 is 1.00 bits per heavy atom. The first kappa shape index (κ1) is 23.5. The molecule has 0 unspecified atom stereocenters. The smallest absolute Gasteiger partial charge is 0.137 e. The number of aryl methyl sites for hydroxylation is 1. The highest BCUT2D eigenvalue weighted by molar-refractivity contribution is 6.30. The molecule has 0 spiro atoms. The number of benzene rings is 2. The number of imidazole rings is 1. The van der Waals surface area contributed by atoms with Crippen molar-refractivity contribution in [2.45, 2.75) is 20.1 Å². The lowest BCUT2D eigenvalue weighted by molar-refractivity contribution is 0.302. The van der Waals surface area contributed by atoms with Gasteiger partial charge in [-0.15, -0.1) is 12.4 Å². The zero-order valence-electron chi connectivity index (χ0n) is 18.5. The molecule has 0 radical (unpaired) electrons. The molecule has 0 aliphatic rings. The van der Waals surface area contributed by atoms with Gasteiger partial charge in [0.25, 0.3) is 0 Å². The molecule has 6 nitrogen and oxygen atoms in total. The number of nitrogens with one attached hydrogen (secondary N) is 1. The third-order valence-electron chi connectivity index (χ3n) is 5.37. The van der Waals surface area contributed by atoms with Gasteiger partial charge in [0, 0.05) is 34.2 Å². The third kappa shape index (κ3) is 5.30. The van der Waals surface area contributed by atoms with Crippen LogP contribution in [0.25, 0.3) is 22.8 Å². The first-order valence-corrected chi connectivity index (χ1v) is 11.0. The van der Waals surface area contributed by atoms with E-state index in [-0.39, 0.29) is 12.4 Å². The minimum Gasteiger partial charge on any atom is -0.489 e. The summed E-state index contributed by atoms with van der Waals surface area (Å²) >= 11 is 6.30. The number of halogens is 2. The second kappa shape index (κ2) is 10.5. The number of aromatic nitrogens is 5. The SMILES string of the molecule is Cc1cc(-c2cnc(-c3ccncc3)[nH]2)nn1Cc1cc(Cl)ccc1OCc1ccccc1.Cl. The van der Waals surface area contributed by atoms with Crippen molar-refractivity contribution in [3.05, 3.63) is 107 Å². The van der Waals surface area contributed by atoms with Crippen molar-refractivity contribution in [2.75, 3.05) is 0 Å². The molecule has 34 heavy (non-hydrogen) atoms. The Hall–Kier alpha value is -3.61. The average molecular weight is 492 g/mol. The van der Waals surface area contributed by atoms with Crippen molar-refractivity contribution in [2.24, 2.45) is 0 Å². The van der Waals surface area contributed by atoms with Crippen LogP contribution in [0.1, 0.15) is 16.8 Å². The largest absolute Gasteiger partial charge is 0.489 e. The van der Waals surface area contributed by atoms with Gasteiger partial charge in [-0.05, 0) is 48.9 Å². The van der Waals surface area contributed by atoms with Crippen LogP contribution in [0.2, 0.25) is 5.02 Å². The second-order valence-electron chi connectivity index (χ2n) is 7.74. The van der Waals surface area contributed by atoms with E-state index in [9.17, 15) is 0 Å². The molecule has 0 aliphatic carbocycles. The zero-order chi connectivity index (χ0) is 22.6. The molecule has 0 fully saturated rings. The van der Waals surface area contributed by atoms with Gasteiger partial charge in [0.1, 0.15) is 23.9 Å². The lowest BCUT2D eigenvalue weighted by atomic mass is 10.2. The summed E-state index contributed by atoms with van der Waals surface area (Å²) in [5.74, 6) is 1.58. The molecule has 0 atom stereocenters. The summed E-state index contributed by atoms with van der Waals surface area (Å²) in [5.41, 5.74) is 5.77. The molecule has 0 amide bonds. The first-order chi connectivity index (χ1) is 16.2. The predicted molar refractivity (Wildman–Crippen MR) is 136 cm³/mol. The summed E-state index contributed by atoms with van der Waals surface area (Å²) in [4.78, 5) is 11.9. The Bertz CT molecular complexity index is 1370. The average Bonchev–Trinajstić information content (AvgIpc) is 3.47. The van der Waals surface area contributed by atoms with Crippen LogP contribution in [0.5, 0.6) is 5.75 Å². The van der Waals surface area contributed by atoms with E-state index >= 15 is 0 Å². The summed E-state index contributed by atoms with van der Waals surface area (Å²) in [5, 5.41) is 5.47. The van der Waals surface area contributed by atoms with Gasteiger partial charge in [-0.25, -0.2) is 4.98 Å². The Balaban J connectivity index is 0.00000274. The van der Waals surface area contributed by atoms with E-state index in [1.807, 2.05) is 78.3 Å². The third-order valence-corrected chi connectivity index (χ3v) is 5.60. The maximum absolute atomic E-state index is 6.30. The standard InChI is InChI=1S/C26H22ClN5O.ClH/c1-18-13-23(24-15-29-26(30-24)20-9-11-28-12-10-20)31-32(18)16-21-14-22(27)7-8-25(21)33-17-19-5-3-2-4-6-19;/h2-15H,16-17H2,1H3,(H,29,30);1H. The molecule has 3 heterocycles. The summed E-state index contributed by atoms with van der Waals surface area (Å²) in [6.45, 7) is 3.07. The Morgan fingerprint density at radius 3 is 2.59 bits per heavy atom. The fourth-order valence-electron chi connectivity index (χ4n) is 3.62. The van der Waals surface area contributed by atoms with Gasteiger partial charge in [0.2, 0.25) is 0 Å². The number of rotatable bonds is 7. The molecule has 1 N–H and O–H groups in total. The lowest BCUT2D eigenvalue weighted by Crippen LogP contribution is -2.06. The lowest BCUT2D eigenvalue weighted by Gasteiger charge is -2.13. The van der Waals surface area contributed by atoms with Gasteiger partial charge in [-0.1, -0.05) is 41.9 Å². The number of nitrogens with zero attached hydrogens (tertiary/aromatic N) is 4. The minimum absolute atomic E-state index is 0. The maximum atomic E-state index is 6.30. The van der Waals surface area contributed by atoms with Gasteiger partial charge in [0.05, 0.1) is 18.4 Å². The van der Waals surface area contributed by atoms with Crippen LogP contribution in [-0.2, 0) is 13.2 Å². The van der Waals surface area contributed by atoms with Crippen LogP contribution < -0.4 is 4.74 Å². The van der Waals surface area contributed by atoms with E-state index in [1.54, 1.807) is 18.6 Å². The molecule has 0 saturated carbocycles. The van der Waals surface area contributed by atoms with E-state index in [2.05, 4.69) is 15.0 Å². The molecule has 0 aliphatic heterocycles. The van der Waals surface area contributed by atoms with Crippen molar-refractivity contribution >= 4 is 24.0 Å². The van der Waals surface area contributed by atoms with Crippen LogP contribution >= 0.6 is 24.0 Å². The summed E-state index contributed by atoms with van der Waals surface area (Å²) in [6.07, 6.45) is 5.30. The van der Waals surface area contributed by atoms with Crippen molar-refractivity contribution in [1.29, 1.82) is 0 Å². The van der Waals surface area contributed by atoms with E-state index in [1.165, 1.54) is 0 Å². The normalized spacial score (nSPS) is 10.6. The number of hydrogen-bond acceptors (Lipinski definition) is 4. The number of ether oxygens (including phenoxy) is 1. The van der Waals surface area contributed by atoms with Crippen LogP contribution in [-0.4, -0.2) is 24.7 Å². The van der Waals surface area contributed by atoms with E-state index in [4.69, 9.17) is 21.4 Å². The van der Waals surface area contributed by atoms with E-state index < -0.39 is 0 Å². The summed E-state index contributed by atoms with van der Waals surface area (Å²) in [7, 11) is 0. The fraction of sp³-hybridized carbons (Fsp3) is 0.115. The summed E-state index contributed by atoms with van der Waals surface area (Å²) < 4.78 is 8.06. The number of pyridine rings is 1. The Morgan fingerprint density at radius 2 is 1.79 bits per heavy atom. The van der Waals surface area contributed by atoms with Crippen molar-refractivity contribution < 1.29 is 4.74 Å². The van der Waals surface area contributed by atoms with Crippen molar-refractivity contribution in [3.63, 3.8) is 0 Å². The Labute approximate surface area is 209 Å². The summed E-state index contributed by atoms with van der Waals surface area (Å²) in [6, 6.07) is 21.7. The monoisotopic (exact) mass is 491 g/mol. The second-order valence-corrected chi connectivity index (χ2v) is 8.17. The fourth-order valence-corrected chi connectivity index (χ4v) is 3.81. The molecule has 5 rings (SSSR count). The van der Waals surface area contributed by atoms with Crippen LogP contribution in [0.3, 0.4) is 0 Å². The number of hydrogen-bond donors (Lipinski definition) is 1. The predicted octanol–water partition coefficient (Wildman–Crippen LogP) is 6.35. The molecule has 0 saturated heterocycles. The van der Waals surface area contributed by atoms with Crippen LogP contribution in [0, 0.1) is 6.92 Å². The van der Waals surface area contributed by atoms with Gasteiger partial charge in [-0.2, -0.15) is 5.10 Å². The topological polar surface area (TPSA) is 68.6 Å². The first-order valence-electron chi connectivity index (χ1n) is 10.6. The zero-order valence-corrected chi connectivity index (χ0v) is 20.1. The molecular formula is C26H23Cl2N5O. The van der Waals surface area contributed by atoms with Crippen LogP contribution in [0.15, 0.2) is 85.3 Å². The Kier molecular flexibility index (Phi) is 7.30. The van der Waals surface area contributed by atoms with Crippen molar-refractivity contribution in [1.82, 2.24) is 24.7 Å². The number of aromatic amines is 1. The molecule has 3 aromatic heterocycles. The molecule has 172 valence electrons. The number of H-pyrrole nitrogens is 1. The molecule has 8 heteroatoms. The highest BCUT2D eigenvalue weighted by atomic mass is 35.5. The quantitative estimate of drug-likeness (QED) is 0.288. The van der Waals surface area contributed by atoms with Gasteiger partial charge < -0.3 is 9.72 Å². The van der Waals surface area contributed by atoms with Gasteiger partial charge in [-0.3, -0.25) is 9.67 Å². The molecule has 2 aromatic carbocycles. The molecule has 5 aromatic rings. The van der Waals surface area contributed by atoms with Gasteiger partial charge in [0.15, 0.2) is 0 Å². The van der Waals surface area contributed by atoms with Crippen LogP contribution in [0.4, 0.5) is 0 Å². The van der Waals surface area contributed by atoms with Crippen molar-refractivity contribution in [3.8, 4) is 28.5 Å². The minimum atomic E-state index is 0. The molecular weight excluding hydrogens is 469 g/mol. The van der Waals surface area contributed by atoms with E-state index in [0.717, 1.165) is 45.3 Å². The highest BCUT2D eigenvalue weighted by Crippen LogP contribution is 2.27. The van der Waals surface area contributed by atoms with Gasteiger partial charge >= 0.3 is 0 Å². The molecule has 0 bridgehead atoms. The van der Waals surface area contributed by atoms with E-state index in [0.29, 0.717) is 18.2 Å². The highest BCUT2D eigenvalue weighted by Gasteiger charge is 2.13. The maximum Gasteiger partial charge on any atom is 0.137 e.